The van der Waals surface area contributed by atoms with Crippen molar-refractivity contribution in [1.82, 2.24) is 5.32 Å². The molecule has 1 heterocycles. The number of rotatable bonds is 7. The van der Waals surface area contributed by atoms with Crippen LogP contribution in [0, 0.1) is 5.41 Å². The molecule has 1 aliphatic rings. The van der Waals surface area contributed by atoms with Crippen LogP contribution < -0.4 is 5.32 Å². The lowest BCUT2D eigenvalue weighted by Crippen LogP contribution is -2.31. The molecule has 1 unspecified atom stereocenters. The second-order valence-corrected chi connectivity index (χ2v) is 5.01. The Labute approximate surface area is 104 Å². The van der Waals surface area contributed by atoms with Gasteiger partial charge in [0.2, 0.25) is 5.91 Å². The Bertz CT molecular complexity index is 309. The summed E-state index contributed by atoms with van der Waals surface area (Å²) in [7, 11) is 0. The Morgan fingerprint density at radius 2 is 2.35 bits per heavy atom. The van der Waals surface area contributed by atoms with E-state index >= 15 is 0 Å². The van der Waals surface area contributed by atoms with Crippen molar-refractivity contribution >= 4 is 12.6 Å². The molecule has 17 heavy (non-hydrogen) atoms. The number of carbonyl (C=O) groups is 1. The first-order valence-corrected chi connectivity index (χ1v) is 6.51. The van der Waals surface area contributed by atoms with Crippen LogP contribution in [0.25, 0.3) is 0 Å². The monoisotopic (exact) mass is 236 g/mol. The second kappa shape index (κ2) is 6.58. The van der Waals surface area contributed by atoms with E-state index in [-0.39, 0.29) is 11.3 Å². The summed E-state index contributed by atoms with van der Waals surface area (Å²) in [5, 5.41) is 2.97. The van der Waals surface area contributed by atoms with Crippen molar-refractivity contribution in [2.45, 2.75) is 46.0 Å². The summed E-state index contributed by atoms with van der Waals surface area (Å²) < 4.78 is 0. The van der Waals surface area contributed by atoms with Gasteiger partial charge in [-0.05, 0) is 39.3 Å². The Morgan fingerprint density at radius 3 is 2.88 bits per heavy atom. The van der Waals surface area contributed by atoms with Crippen molar-refractivity contribution in [1.29, 1.82) is 0 Å². The van der Waals surface area contributed by atoms with Crippen molar-refractivity contribution in [3.63, 3.8) is 0 Å². The molecule has 3 heteroatoms. The molecule has 0 aromatic heterocycles. The van der Waals surface area contributed by atoms with Crippen LogP contribution in [-0.4, -0.2) is 25.7 Å². The molecule has 0 bridgehead atoms. The van der Waals surface area contributed by atoms with E-state index in [1.165, 1.54) is 5.57 Å². The first kappa shape index (κ1) is 13.9. The van der Waals surface area contributed by atoms with E-state index in [1.54, 1.807) is 0 Å². The van der Waals surface area contributed by atoms with Gasteiger partial charge >= 0.3 is 0 Å². The zero-order valence-corrected chi connectivity index (χ0v) is 11.1. The molecule has 0 spiro atoms. The zero-order chi connectivity index (χ0) is 12.7. The van der Waals surface area contributed by atoms with E-state index in [0.29, 0.717) is 6.54 Å². The number of amides is 1. The van der Waals surface area contributed by atoms with Gasteiger partial charge in [0.05, 0.1) is 12.0 Å². The van der Waals surface area contributed by atoms with Crippen molar-refractivity contribution in [2.75, 3.05) is 13.1 Å². The van der Waals surface area contributed by atoms with Crippen molar-refractivity contribution < 1.29 is 4.79 Å². The van der Waals surface area contributed by atoms with Crippen LogP contribution in [0.15, 0.2) is 16.6 Å². The molecule has 0 aliphatic carbocycles. The summed E-state index contributed by atoms with van der Waals surface area (Å²) in [6.07, 6.45) is 7.19. The Balaban J connectivity index is 2.54. The Morgan fingerprint density at radius 1 is 1.59 bits per heavy atom. The minimum absolute atomic E-state index is 0.104. The second-order valence-electron chi connectivity index (χ2n) is 5.01. The summed E-state index contributed by atoms with van der Waals surface area (Å²) in [5.74, 6) is 0.257. The van der Waals surface area contributed by atoms with Crippen molar-refractivity contribution in [2.24, 2.45) is 10.4 Å². The number of nitrogens with one attached hydrogen (secondary N) is 1. The average molecular weight is 236 g/mol. The molecule has 0 aromatic carbocycles. The number of carbonyl (C=O) groups excluding carboxylic acids is 1. The lowest BCUT2D eigenvalue weighted by atomic mass is 9.77. The molecule has 1 aliphatic heterocycles. The van der Waals surface area contributed by atoms with Crippen LogP contribution in [0.4, 0.5) is 0 Å². The Kier molecular flexibility index (Phi) is 5.39. The van der Waals surface area contributed by atoms with Crippen molar-refractivity contribution in [3.8, 4) is 0 Å². The van der Waals surface area contributed by atoms with Gasteiger partial charge < -0.3 is 5.32 Å². The first-order chi connectivity index (χ1) is 8.14. The van der Waals surface area contributed by atoms with E-state index in [0.717, 1.165) is 38.6 Å². The highest BCUT2D eigenvalue weighted by molar-refractivity contribution is 5.84. The van der Waals surface area contributed by atoms with Crippen LogP contribution >= 0.6 is 0 Å². The lowest BCUT2D eigenvalue weighted by Gasteiger charge is -2.24. The summed E-state index contributed by atoms with van der Waals surface area (Å²) in [4.78, 5) is 15.8. The third-order valence-corrected chi connectivity index (χ3v) is 3.58. The smallest absolute Gasteiger partial charge is 0.226 e. The van der Waals surface area contributed by atoms with Crippen LogP contribution in [-0.2, 0) is 4.79 Å². The van der Waals surface area contributed by atoms with Crippen LogP contribution in [0.3, 0.4) is 0 Å². The minimum atomic E-state index is -0.104. The summed E-state index contributed by atoms with van der Waals surface area (Å²) in [6.45, 7) is 9.24. The van der Waals surface area contributed by atoms with Crippen molar-refractivity contribution in [3.05, 3.63) is 11.6 Å². The van der Waals surface area contributed by atoms with Gasteiger partial charge in [-0.25, -0.2) is 0 Å². The number of hydrogen-bond acceptors (Lipinski definition) is 2. The number of nitrogens with zero attached hydrogens (tertiary/aromatic N) is 1. The molecule has 1 rings (SSSR count). The molecule has 0 radical (unpaired) electrons. The topological polar surface area (TPSA) is 41.5 Å². The molecule has 1 fully saturated rings. The summed E-state index contributed by atoms with van der Waals surface area (Å²) >= 11 is 0. The maximum Gasteiger partial charge on any atom is 0.226 e. The van der Waals surface area contributed by atoms with Gasteiger partial charge in [-0.1, -0.05) is 25.0 Å². The molecule has 0 aromatic rings. The van der Waals surface area contributed by atoms with E-state index in [1.807, 2.05) is 0 Å². The average Bonchev–Trinajstić information content (AvgIpc) is 2.62. The van der Waals surface area contributed by atoms with E-state index in [9.17, 15) is 4.79 Å². The van der Waals surface area contributed by atoms with E-state index in [2.05, 4.69) is 37.0 Å². The van der Waals surface area contributed by atoms with Gasteiger partial charge in [0.1, 0.15) is 0 Å². The fraction of sp³-hybridized carbons (Fsp3) is 0.714. The molecule has 1 N–H and O–H groups in total. The SMILES string of the molecule is C=NC/C(C)=C\CCC1(CCC)CCNC1=O. The van der Waals surface area contributed by atoms with E-state index < -0.39 is 0 Å². The van der Waals surface area contributed by atoms with Gasteiger partial charge in [-0.3, -0.25) is 9.79 Å². The maximum atomic E-state index is 11.9. The summed E-state index contributed by atoms with van der Waals surface area (Å²) in [6, 6.07) is 0. The van der Waals surface area contributed by atoms with Crippen LogP contribution in [0.2, 0.25) is 0 Å². The molecule has 1 saturated heterocycles. The standard InChI is InChI=1S/C14H24N2O/c1-4-7-14(9-10-16-13(14)17)8-5-6-12(2)11-15-3/h6H,3-5,7-11H2,1-2H3,(H,16,17)/b12-6-. The van der Waals surface area contributed by atoms with Crippen LogP contribution in [0.5, 0.6) is 0 Å². The number of aliphatic imine (C=N–C) groups is 1. The van der Waals surface area contributed by atoms with Gasteiger partial charge in [0.25, 0.3) is 0 Å². The molecular weight excluding hydrogens is 212 g/mol. The number of allylic oxidation sites excluding steroid dienone is 1. The minimum Gasteiger partial charge on any atom is -0.356 e. The fourth-order valence-electron chi connectivity index (χ4n) is 2.63. The predicted octanol–water partition coefficient (Wildman–Crippen LogP) is 2.72. The summed E-state index contributed by atoms with van der Waals surface area (Å²) in [5.41, 5.74) is 1.14. The molecule has 3 nitrogen and oxygen atoms in total. The third kappa shape index (κ3) is 3.69. The van der Waals surface area contributed by atoms with Gasteiger partial charge in [0.15, 0.2) is 0 Å². The quantitative estimate of drug-likeness (QED) is 0.536. The van der Waals surface area contributed by atoms with Crippen LogP contribution in [0.1, 0.15) is 46.0 Å². The molecular formula is C14H24N2O. The third-order valence-electron chi connectivity index (χ3n) is 3.58. The molecule has 1 atom stereocenters. The predicted molar refractivity (Wildman–Crippen MR) is 72.4 cm³/mol. The highest BCUT2D eigenvalue weighted by Gasteiger charge is 2.40. The Hall–Kier alpha value is -1.12. The molecule has 96 valence electrons. The zero-order valence-electron chi connectivity index (χ0n) is 11.1. The van der Waals surface area contributed by atoms with Gasteiger partial charge in [0, 0.05) is 6.54 Å². The van der Waals surface area contributed by atoms with Gasteiger partial charge in [-0.2, -0.15) is 0 Å². The normalized spacial score (nSPS) is 24.8. The number of hydrogen-bond donors (Lipinski definition) is 1. The van der Waals surface area contributed by atoms with Gasteiger partial charge in [-0.15, -0.1) is 0 Å². The van der Waals surface area contributed by atoms with E-state index in [4.69, 9.17) is 0 Å². The fourth-order valence-corrected chi connectivity index (χ4v) is 2.63. The molecule has 1 amide bonds. The lowest BCUT2D eigenvalue weighted by molar-refractivity contribution is -0.128. The highest BCUT2D eigenvalue weighted by atomic mass is 16.2. The maximum absolute atomic E-state index is 11.9. The largest absolute Gasteiger partial charge is 0.356 e. The first-order valence-electron chi connectivity index (χ1n) is 6.51. The molecule has 0 saturated carbocycles. The highest BCUT2D eigenvalue weighted by Crippen LogP contribution is 2.37.